The SMILES string of the molecule is Cc1ccc(OC[C@H]2CO[C@@H]3CN(C(=O)c4cccc(Cl)n4)C[C@H]23)cn1. The van der Waals surface area contributed by atoms with Gasteiger partial charge in [-0.25, -0.2) is 4.98 Å². The number of nitrogens with zero attached hydrogens (tertiary/aromatic N) is 3. The maximum atomic E-state index is 12.7. The van der Waals surface area contributed by atoms with Crippen molar-refractivity contribution in [2.45, 2.75) is 13.0 Å². The van der Waals surface area contributed by atoms with Crippen molar-refractivity contribution in [1.29, 1.82) is 0 Å². The molecule has 0 unspecified atom stereocenters. The van der Waals surface area contributed by atoms with Crippen LogP contribution in [0.3, 0.4) is 0 Å². The highest BCUT2D eigenvalue weighted by Gasteiger charge is 2.45. The van der Waals surface area contributed by atoms with Crippen molar-refractivity contribution in [3.63, 3.8) is 0 Å². The number of likely N-dealkylation sites (tertiary alicyclic amines) is 1. The fourth-order valence-corrected chi connectivity index (χ4v) is 3.73. The summed E-state index contributed by atoms with van der Waals surface area (Å²) >= 11 is 5.90. The molecule has 2 fully saturated rings. The molecule has 4 heterocycles. The van der Waals surface area contributed by atoms with Crippen LogP contribution in [0.25, 0.3) is 0 Å². The van der Waals surface area contributed by atoms with Gasteiger partial charge in [0.2, 0.25) is 0 Å². The number of pyridine rings is 2. The maximum Gasteiger partial charge on any atom is 0.272 e. The van der Waals surface area contributed by atoms with Crippen LogP contribution in [0, 0.1) is 18.8 Å². The highest BCUT2D eigenvalue weighted by molar-refractivity contribution is 6.29. The van der Waals surface area contributed by atoms with Crippen molar-refractivity contribution < 1.29 is 14.3 Å². The zero-order valence-electron chi connectivity index (χ0n) is 14.5. The minimum absolute atomic E-state index is 0.0582. The van der Waals surface area contributed by atoms with Crippen LogP contribution in [0.15, 0.2) is 36.5 Å². The van der Waals surface area contributed by atoms with Crippen LogP contribution in [-0.4, -0.2) is 53.2 Å². The number of fused-ring (bicyclic) bond motifs is 1. The van der Waals surface area contributed by atoms with Gasteiger partial charge in [0, 0.05) is 30.6 Å². The van der Waals surface area contributed by atoms with E-state index in [1.165, 1.54) is 0 Å². The quantitative estimate of drug-likeness (QED) is 0.771. The van der Waals surface area contributed by atoms with Crippen molar-refractivity contribution in [1.82, 2.24) is 14.9 Å². The zero-order valence-corrected chi connectivity index (χ0v) is 15.2. The minimum Gasteiger partial charge on any atom is -0.492 e. The third-order valence-corrected chi connectivity index (χ3v) is 5.22. The summed E-state index contributed by atoms with van der Waals surface area (Å²) in [5.74, 6) is 1.18. The molecule has 2 aromatic heterocycles. The van der Waals surface area contributed by atoms with Crippen molar-refractivity contribution in [2.24, 2.45) is 11.8 Å². The lowest BCUT2D eigenvalue weighted by Gasteiger charge is -2.20. The van der Waals surface area contributed by atoms with E-state index >= 15 is 0 Å². The van der Waals surface area contributed by atoms with Crippen molar-refractivity contribution >= 4 is 17.5 Å². The first-order valence-corrected chi connectivity index (χ1v) is 9.07. The van der Waals surface area contributed by atoms with E-state index in [1.807, 2.05) is 19.1 Å². The molecule has 26 heavy (non-hydrogen) atoms. The molecule has 2 aromatic rings. The Bertz CT molecular complexity index is 799. The fraction of sp³-hybridized carbons (Fsp3) is 0.421. The first-order chi connectivity index (χ1) is 12.6. The van der Waals surface area contributed by atoms with Gasteiger partial charge >= 0.3 is 0 Å². The number of hydrogen-bond donors (Lipinski definition) is 0. The molecule has 2 aliphatic rings. The van der Waals surface area contributed by atoms with Gasteiger partial charge in [-0.2, -0.15) is 0 Å². The summed E-state index contributed by atoms with van der Waals surface area (Å²) in [7, 11) is 0. The summed E-state index contributed by atoms with van der Waals surface area (Å²) in [4.78, 5) is 22.8. The third-order valence-electron chi connectivity index (χ3n) is 5.01. The van der Waals surface area contributed by atoms with Gasteiger partial charge in [0.1, 0.15) is 16.6 Å². The van der Waals surface area contributed by atoms with E-state index in [0.717, 1.165) is 11.4 Å². The van der Waals surface area contributed by atoms with Crippen molar-refractivity contribution in [3.8, 4) is 5.75 Å². The second-order valence-corrected chi connectivity index (χ2v) is 7.18. The van der Waals surface area contributed by atoms with Gasteiger partial charge in [-0.15, -0.1) is 0 Å². The largest absolute Gasteiger partial charge is 0.492 e. The fourth-order valence-electron chi connectivity index (χ4n) is 3.57. The molecule has 2 saturated heterocycles. The molecule has 0 bridgehead atoms. The standard InChI is InChI=1S/C19H20ClN3O3/c1-12-5-6-14(7-21-12)25-10-13-11-26-17-9-23(8-15(13)17)19(24)16-3-2-4-18(20)22-16/h2-7,13,15,17H,8-11H2,1H3/t13-,15+,17+/m0/s1. The molecule has 3 atom stereocenters. The zero-order chi connectivity index (χ0) is 18.1. The third kappa shape index (κ3) is 3.52. The van der Waals surface area contributed by atoms with Crippen LogP contribution < -0.4 is 4.74 Å². The Morgan fingerprint density at radius 2 is 2.23 bits per heavy atom. The van der Waals surface area contributed by atoms with Crippen molar-refractivity contribution in [2.75, 3.05) is 26.3 Å². The number of amides is 1. The molecular weight excluding hydrogens is 354 g/mol. The summed E-state index contributed by atoms with van der Waals surface area (Å²) < 4.78 is 11.8. The molecule has 0 aromatic carbocycles. The van der Waals surface area contributed by atoms with Gasteiger partial charge in [-0.05, 0) is 31.2 Å². The van der Waals surface area contributed by atoms with Gasteiger partial charge in [-0.3, -0.25) is 9.78 Å². The second-order valence-electron chi connectivity index (χ2n) is 6.80. The summed E-state index contributed by atoms with van der Waals surface area (Å²) in [6.45, 7) is 4.39. The van der Waals surface area contributed by atoms with Crippen LogP contribution in [-0.2, 0) is 4.74 Å². The summed E-state index contributed by atoms with van der Waals surface area (Å²) in [5.41, 5.74) is 1.33. The average molecular weight is 374 g/mol. The lowest BCUT2D eigenvalue weighted by Crippen LogP contribution is -2.32. The Hall–Kier alpha value is -2.18. The number of aryl methyl sites for hydroxylation is 1. The molecule has 0 N–H and O–H groups in total. The van der Waals surface area contributed by atoms with Gasteiger partial charge in [0.25, 0.3) is 5.91 Å². The Morgan fingerprint density at radius 1 is 1.35 bits per heavy atom. The van der Waals surface area contributed by atoms with Crippen LogP contribution in [0.4, 0.5) is 0 Å². The Kier molecular flexibility index (Phi) is 4.78. The molecule has 0 spiro atoms. The number of carbonyl (C=O) groups excluding carboxylic acids is 1. The molecule has 6 nitrogen and oxygen atoms in total. The molecule has 0 radical (unpaired) electrons. The highest BCUT2D eigenvalue weighted by atomic mass is 35.5. The van der Waals surface area contributed by atoms with Crippen molar-refractivity contribution in [3.05, 3.63) is 53.1 Å². The molecule has 0 aliphatic carbocycles. The first-order valence-electron chi connectivity index (χ1n) is 8.69. The first kappa shape index (κ1) is 17.2. The summed E-state index contributed by atoms with van der Waals surface area (Å²) in [6.07, 6.45) is 1.79. The molecule has 0 saturated carbocycles. The Balaban J connectivity index is 1.37. The maximum absolute atomic E-state index is 12.7. The second kappa shape index (κ2) is 7.21. The van der Waals surface area contributed by atoms with E-state index in [2.05, 4.69) is 9.97 Å². The average Bonchev–Trinajstić information content (AvgIpc) is 3.22. The van der Waals surface area contributed by atoms with E-state index in [9.17, 15) is 4.79 Å². The molecule has 136 valence electrons. The summed E-state index contributed by atoms with van der Waals surface area (Å²) in [5, 5.41) is 0.324. The highest BCUT2D eigenvalue weighted by Crippen LogP contribution is 2.34. The summed E-state index contributed by atoms with van der Waals surface area (Å²) in [6, 6.07) is 8.94. The van der Waals surface area contributed by atoms with Gasteiger partial charge < -0.3 is 14.4 Å². The Labute approximate surface area is 157 Å². The number of halogens is 1. The molecule has 2 aliphatic heterocycles. The Morgan fingerprint density at radius 3 is 3.00 bits per heavy atom. The van der Waals surface area contributed by atoms with E-state index in [4.69, 9.17) is 21.1 Å². The topological polar surface area (TPSA) is 64.6 Å². The van der Waals surface area contributed by atoms with E-state index in [0.29, 0.717) is 37.2 Å². The molecular formula is C19H20ClN3O3. The molecule has 4 rings (SSSR count). The van der Waals surface area contributed by atoms with E-state index in [-0.39, 0.29) is 23.8 Å². The number of ether oxygens (including phenoxy) is 2. The number of carbonyl (C=O) groups is 1. The van der Waals surface area contributed by atoms with Crippen LogP contribution in [0.2, 0.25) is 5.15 Å². The molecule has 7 heteroatoms. The molecule has 1 amide bonds. The lowest BCUT2D eigenvalue weighted by atomic mass is 9.94. The normalized spacial score (nSPS) is 24.5. The monoisotopic (exact) mass is 373 g/mol. The minimum atomic E-state index is -0.104. The van der Waals surface area contributed by atoms with E-state index < -0.39 is 0 Å². The predicted octanol–water partition coefficient (Wildman–Crippen LogP) is 2.60. The number of hydrogen-bond acceptors (Lipinski definition) is 5. The van der Waals surface area contributed by atoms with Crippen LogP contribution in [0.5, 0.6) is 5.75 Å². The van der Waals surface area contributed by atoms with Crippen LogP contribution in [0.1, 0.15) is 16.2 Å². The van der Waals surface area contributed by atoms with Crippen LogP contribution >= 0.6 is 11.6 Å². The van der Waals surface area contributed by atoms with Gasteiger partial charge in [0.05, 0.1) is 25.5 Å². The van der Waals surface area contributed by atoms with Gasteiger partial charge in [-0.1, -0.05) is 17.7 Å². The smallest absolute Gasteiger partial charge is 0.272 e. The number of aromatic nitrogens is 2. The van der Waals surface area contributed by atoms with E-state index in [1.54, 1.807) is 29.3 Å². The lowest BCUT2D eigenvalue weighted by molar-refractivity contribution is 0.0657. The number of rotatable bonds is 4. The predicted molar refractivity (Wildman–Crippen MR) is 96.3 cm³/mol. The van der Waals surface area contributed by atoms with Gasteiger partial charge in [0.15, 0.2) is 0 Å².